The van der Waals surface area contributed by atoms with Gasteiger partial charge in [0.2, 0.25) is 0 Å². The second kappa shape index (κ2) is 3.17. The molecule has 0 aliphatic heterocycles. The van der Waals surface area contributed by atoms with Gasteiger partial charge in [-0.05, 0) is 18.8 Å². The first-order valence-electron chi connectivity index (χ1n) is 4.68. The zero-order valence-corrected chi connectivity index (χ0v) is 9.24. The molecule has 0 spiro atoms. The van der Waals surface area contributed by atoms with E-state index in [0.29, 0.717) is 12.3 Å². The quantitative estimate of drug-likeness (QED) is 0.579. The monoisotopic (exact) mass is 218 g/mol. The minimum atomic E-state index is -3.38. The molecule has 2 aliphatic rings. The van der Waals surface area contributed by atoms with E-state index in [2.05, 4.69) is 6.08 Å². The second-order valence-corrected chi connectivity index (χ2v) is 6.43. The van der Waals surface area contributed by atoms with Crippen LogP contribution in [0.1, 0.15) is 12.8 Å². The van der Waals surface area contributed by atoms with Gasteiger partial charge in [-0.2, -0.15) is 0 Å². The van der Waals surface area contributed by atoms with Gasteiger partial charge in [-0.3, -0.25) is 4.57 Å². The first-order chi connectivity index (χ1) is 6.55. The maximum absolute atomic E-state index is 12.1. The van der Waals surface area contributed by atoms with Gasteiger partial charge in [0.25, 0.3) is 0 Å². The number of rotatable bonds is 3. The van der Waals surface area contributed by atoms with E-state index >= 15 is 0 Å². The molecule has 3 atom stereocenters. The molecular weight excluding hydrogens is 203 g/mol. The molecule has 0 amide bonds. The molecule has 1 N–H and O–H groups in total. The van der Waals surface area contributed by atoms with Crippen molar-refractivity contribution in [1.82, 2.24) is 0 Å². The van der Waals surface area contributed by atoms with Crippen LogP contribution in [0.15, 0.2) is 12.2 Å². The summed E-state index contributed by atoms with van der Waals surface area (Å²) in [5, 5.41) is 9.03. The van der Waals surface area contributed by atoms with E-state index in [-0.39, 0.29) is 5.92 Å². The lowest BCUT2D eigenvalue weighted by molar-refractivity contribution is 0.0568. The molecule has 0 aromatic rings. The summed E-state index contributed by atoms with van der Waals surface area (Å²) in [6.45, 7) is 0. The van der Waals surface area contributed by atoms with Gasteiger partial charge in [0.15, 0.2) is 5.34 Å². The Morgan fingerprint density at radius 1 is 1.43 bits per heavy atom. The molecule has 0 aromatic heterocycles. The summed E-state index contributed by atoms with van der Waals surface area (Å²) in [5.74, 6) is 0.238. The van der Waals surface area contributed by atoms with E-state index in [1.807, 2.05) is 6.08 Å². The third kappa shape index (κ3) is 1.15. The van der Waals surface area contributed by atoms with Crippen LogP contribution in [0.25, 0.3) is 0 Å². The molecule has 0 saturated heterocycles. The number of hydrogen-bond donors (Lipinski definition) is 1. The van der Waals surface area contributed by atoms with E-state index in [1.54, 1.807) is 0 Å². The predicted molar refractivity (Wildman–Crippen MR) is 51.9 cm³/mol. The summed E-state index contributed by atoms with van der Waals surface area (Å²) >= 11 is 0. The van der Waals surface area contributed by atoms with Gasteiger partial charge in [0.05, 0.1) is 0 Å². The Hall–Kier alpha value is -0.150. The molecule has 0 heterocycles. The number of fused-ring (bicyclic) bond motifs is 2. The summed E-state index contributed by atoms with van der Waals surface area (Å²) in [5.41, 5.74) is 0. The minimum Gasteiger partial charge on any atom is -0.377 e. The third-order valence-electron chi connectivity index (χ3n) is 3.28. The summed E-state index contributed by atoms with van der Waals surface area (Å²) in [6.07, 6.45) is 5.31. The smallest absolute Gasteiger partial charge is 0.362 e. The molecular formula is C9H15O4P. The first kappa shape index (κ1) is 10.4. The summed E-state index contributed by atoms with van der Waals surface area (Å²) in [6, 6.07) is 0. The van der Waals surface area contributed by atoms with Gasteiger partial charge in [0.1, 0.15) is 0 Å². The SMILES string of the molecule is COP(=O)(OC)[C@@]1(O)C[C@H]2C=C[C@@H]1C2. The summed E-state index contributed by atoms with van der Waals surface area (Å²) < 4.78 is 21.9. The highest BCUT2D eigenvalue weighted by Gasteiger charge is 2.59. The highest BCUT2D eigenvalue weighted by molar-refractivity contribution is 7.55. The van der Waals surface area contributed by atoms with Crippen LogP contribution in [0.5, 0.6) is 0 Å². The van der Waals surface area contributed by atoms with Gasteiger partial charge < -0.3 is 14.2 Å². The van der Waals surface area contributed by atoms with Crippen LogP contribution < -0.4 is 0 Å². The normalized spacial score (nSPS) is 40.8. The van der Waals surface area contributed by atoms with Crippen molar-refractivity contribution in [2.75, 3.05) is 14.2 Å². The largest absolute Gasteiger partial charge is 0.377 e. The molecule has 1 saturated carbocycles. The highest BCUT2D eigenvalue weighted by Crippen LogP contribution is 2.68. The number of hydrogen-bond acceptors (Lipinski definition) is 4. The van der Waals surface area contributed by atoms with E-state index in [9.17, 15) is 9.67 Å². The summed E-state index contributed by atoms with van der Waals surface area (Å²) in [7, 11) is -0.744. The Kier molecular flexibility index (Phi) is 2.35. The second-order valence-electron chi connectivity index (χ2n) is 3.93. The summed E-state index contributed by atoms with van der Waals surface area (Å²) in [4.78, 5) is 0. The van der Waals surface area contributed by atoms with Crippen molar-refractivity contribution >= 4 is 7.60 Å². The van der Waals surface area contributed by atoms with Crippen LogP contribution >= 0.6 is 7.60 Å². The van der Waals surface area contributed by atoms with Crippen molar-refractivity contribution in [3.05, 3.63) is 12.2 Å². The van der Waals surface area contributed by atoms with Gasteiger partial charge >= 0.3 is 7.60 Å². The maximum Gasteiger partial charge on any atom is 0.362 e. The van der Waals surface area contributed by atoms with Gasteiger partial charge in [-0.1, -0.05) is 12.2 Å². The van der Waals surface area contributed by atoms with Crippen LogP contribution in [0.2, 0.25) is 0 Å². The average Bonchev–Trinajstić information content (AvgIpc) is 2.76. The van der Waals surface area contributed by atoms with Crippen molar-refractivity contribution in [3.63, 3.8) is 0 Å². The molecule has 1 fully saturated rings. The molecule has 80 valence electrons. The number of allylic oxidation sites excluding steroid dienone is 1. The lowest BCUT2D eigenvalue weighted by Gasteiger charge is -2.34. The average molecular weight is 218 g/mol. The molecule has 0 aromatic carbocycles. The van der Waals surface area contributed by atoms with Crippen LogP contribution in [0.3, 0.4) is 0 Å². The lowest BCUT2D eigenvalue weighted by atomic mass is 10.0. The Balaban J connectivity index is 2.33. The van der Waals surface area contributed by atoms with E-state index in [0.717, 1.165) is 6.42 Å². The van der Waals surface area contributed by atoms with E-state index < -0.39 is 12.9 Å². The van der Waals surface area contributed by atoms with Crippen LogP contribution in [-0.2, 0) is 13.6 Å². The molecule has 2 bridgehead atoms. The van der Waals surface area contributed by atoms with Crippen LogP contribution in [0, 0.1) is 11.8 Å². The molecule has 5 heteroatoms. The first-order valence-corrected chi connectivity index (χ1v) is 6.22. The Morgan fingerprint density at radius 3 is 2.43 bits per heavy atom. The molecule has 0 radical (unpaired) electrons. The topological polar surface area (TPSA) is 55.8 Å². The van der Waals surface area contributed by atoms with Crippen molar-refractivity contribution in [2.24, 2.45) is 11.8 Å². The maximum atomic E-state index is 12.1. The van der Waals surface area contributed by atoms with E-state index in [1.165, 1.54) is 14.2 Å². The van der Waals surface area contributed by atoms with Crippen LogP contribution in [0.4, 0.5) is 0 Å². The fraction of sp³-hybridized carbons (Fsp3) is 0.778. The van der Waals surface area contributed by atoms with Gasteiger partial charge in [0, 0.05) is 20.1 Å². The van der Waals surface area contributed by atoms with E-state index in [4.69, 9.17) is 9.05 Å². The Labute approximate surface area is 83.4 Å². The highest BCUT2D eigenvalue weighted by atomic mass is 31.2. The molecule has 2 rings (SSSR count). The van der Waals surface area contributed by atoms with Crippen molar-refractivity contribution in [2.45, 2.75) is 18.2 Å². The van der Waals surface area contributed by atoms with Gasteiger partial charge in [-0.15, -0.1) is 0 Å². The molecule has 4 nitrogen and oxygen atoms in total. The standard InChI is InChI=1S/C9H15O4P/c1-12-14(11,13-2)9(10)6-7-3-4-8(9)5-7/h3-4,7-8,10H,5-6H2,1-2H3/t7-,8+,9-/m0/s1. The van der Waals surface area contributed by atoms with Crippen molar-refractivity contribution < 1.29 is 18.7 Å². The van der Waals surface area contributed by atoms with Crippen molar-refractivity contribution in [3.8, 4) is 0 Å². The zero-order valence-electron chi connectivity index (χ0n) is 8.34. The van der Waals surface area contributed by atoms with Crippen LogP contribution in [-0.4, -0.2) is 24.7 Å². The Morgan fingerprint density at radius 2 is 2.07 bits per heavy atom. The molecule has 2 aliphatic carbocycles. The molecule has 0 unspecified atom stereocenters. The third-order valence-corrected chi connectivity index (χ3v) is 5.71. The molecule has 14 heavy (non-hydrogen) atoms. The predicted octanol–water partition coefficient (Wildman–Crippen LogP) is 1.76. The fourth-order valence-corrected chi connectivity index (χ4v) is 4.35. The fourth-order valence-electron chi connectivity index (χ4n) is 2.51. The number of aliphatic hydroxyl groups is 1. The Bertz CT molecular complexity index is 306. The zero-order chi connectivity index (χ0) is 10.4. The van der Waals surface area contributed by atoms with Crippen molar-refractivity contribution in [1.29, 1.82) is 0 Å². The minimum absolute atomic E-state index is 0.0850. The lowest BCUT2D eigenvalue weighted by Crippen LogP contribution is -2.34. The van der Waals surface area contributed by atoms with Gasteiger partial charge in [-0.25, -0.2) is 0 Å².